The number of rotatable bonds is 2. The third kappa shape index (κ3) is 2.09. The SMILES string of the molecule is CCC(=CCl)c1ccccc1. The van der Waals surface area contributed by atoms with E-state index in [2.05, 4.69) is 19.1 Å². The summed E-state index contributed by atoms with van der Waals surface area (Å²) in [5.41, 5.74) is 4.05. The van der Waals surface area contributed by atoms with E-state index in [1.54, 1.807) is 5.54 Å². The molecule has 0 N–H and O–H groups in total. The molecule has 58 valence electrons. The minimum Gasteiger partial charge on any atom is -0.0926 e. The van der Waals surface area contributed by atoms with Gasteiger partial charge in [-0.2, -0.15) is 0 Å². The average Bonchev–Trinajstić information content (AvgIpc) is 2.09. The second-order valence-corrected chi connectivity index (χ2v) is 2.57. The van der Waals surface area contributed by atoms with Crippen molar-refractivity contribution >= 4 is 17.2 Å². The Bertz CT molecular complexity index is 236. The van der Waals surface area contributed by atoms with Gasteiger partial charge in [-0.25, -0.2) is 0 Å². The van der Waals surface area contributed by atoms with Crippen LogP contribution < -0.4 is 0 Å². The molecule has 0 bridgehead atoms. The summed E-state index contributed by atoms with van der Waals surface area (Å²) in [5, 5.41) is 0. The van der Waals surface area contributed by atoms with Crippen molar-refractivity contribution in [2.45, 2.75) is 13.3 Å². The number of benzene rings is 1. The lowest BCUT2D eigenvalue weighted by molar-refractivity contribution is 1.24. The van der Waals surface area contributed by atoms with Crippen molar-refractivity contribution in [2.24, 2.45) is 0 Å². The molecular weight excluding hydrogens is 156 g/mol. The van der Waals surface area contributed by atoms with Gasteiger partial charge >= 0.3 is 0 Å². The van der Waals surface area contributed by atoms with Gasteiger partial charge in [0.05, 0.1) is 0 Å². The first-order chi connectivity index (χ1) is 5.38. The van der Waals surface area contributed by atoms with Crippen molar-refractivity contribution in [1.29, 1.82) is 0 Å². The summed E-state index contributed by atoms with van der Waals surface area (Å²) in [6, 6.07) is 10.2. The molecule has 0 aliphatic heterocycles. The Labute approximate surface area is 72.5 Å². The molecule has 11 heavy (non-hydrogen) atoms. The van der Waals surface area contributed by atoms with Crippen LogP contribution in [0, 0.1) is 0 Å². The predicted molar refractivity (Wildman–Crippen MR) is 50.6 cm³/mol. The topological polar surface area (TPSA) is 0 Å². The molecule has 0 saturated carbocycles. The molecule has 1 aromatic rings. The highest BCUT2D eigenvalue weighted by atomic mass is 35.5. The quantitative estimate of drug-likeness (QED) is 0.629. The maximum atomic E-state index is 5.64. The van der Waals surface area contributed by atoms with Crippen molar-refractivity contribution in [3.05, 3.63) is 41.4 Å². The summed E-state index contributed by atoms with van der Waals surface area (Å²) in [6.07, 6.45) is 0.980. The van der Waals surface area contributed by atoms with E-state index in [0.717, 1.165) is 6.42 Å². The maximum Gasteiger partial charge on any atom is 0.00804 e. The van der Waals surface area contributed by atoms with E-state index in [1.165, 1.54) is 11.1 Å². The van der Waals surface area contributed by atoms with Crippen molar-refractivity contribution in [3.8, 4) is 0 Å². The number of allylic oxidation sites excluding steroid dienone is 1. The number of hydrogen-bond donors (Lipinski definition) is 0. The number of halogens is 1. The molecule has 0 fully saturated rings. The summed E-state index contributed by atoms with van der Waals surface area (Å²) in [5.74, 6) is 0. The van der Waals surface area contributed by atoms with Crippen LogP contribution in [0.1, 0.15) is 18.9 Å². The molecule has 0 aliphatic carbocycles. The Hall–Kier alpha value is -0.750. The molecule has 1 heteroatoms. The fourth-order valence-electron chi connectivity index (χ4n) is 0.996. The first kappa shape index (κ1) is 8.35. The van der Waals surface area contributed by atoms with Crippen LogP contribution in [-0.4, -0.2) is 0 Å². The van der Waals surface area contributed by atoms with E-state index in [4.69, 9.17) is 11.6 Å². The van der Waals surface area contributed by atoms with Crippen LogP contribution >= 0.6 is 11.6 Å². The van der Waals surface area contributed by atoms with Crippen molar-refractivity contribution in [1.82, 2.24) is 0 Å². The second-order valence-electron chi connectivity index (χ2n) is 2.35. The highest BCUT2D eigenvalue weighted by Gasteiger charge is 1.94. The fraction of sp³-hybridized carbons (Fsp3) is 0.200. The van der Waals surface area contributed by atoms with Gasteiger partial charge in [-0.3, -0.25) is 0 Å². The van der Waals surface area contributed by atoms with Gasteiger partial charge in [0.25, 0.3) is 0 Å². The first-order valence-corrected chi connectivity index (χ1v) is 4.16. The van der Waals surface area contributed by atoms with Crippen LogP contribution in [0.15, 0.2) is 35.9 Å². The molecule has 0 aromatic heterocycles. The molecule has 0 nitrogen and oxygen atoms in total. The van der Waals surface area contributed by atoms with Crippen LogP contribution in [-0.2, 0) is 0 Å². The lowest BCUT2D eigenvalue weighted by Gasteiger charge is -2.00. The standard InChI is InChI=1S/C10H11Cl/c1-2-9(8-11)10-6-4-3-5-7-10/h3-8H,2H2,1H3. The molecule has 0 atom stereocenters. The summed E-state index contributed by atoms with van der Waals surface area (Å²) in [7, 11) is 0. The zero-order valence-electron chi connectivity index (χ0n) is 6.55. The van der Waals surface area contributed by atoms with Gasteiger partial charge in [0.2, 0.25) is 0 Å². The number of hydrogen-bond acceptors (Lipinski definition) is 0. The van der Waals surface area contributed by atoms with Crippen LogP contribution in [0.3, 0.4) is 0 Å². The Kier molecular flexibility index (Phi) is 3.18. The van der Waals surface area contributed by atoms with Gasteiger partial charge in [-0.1, -0.05) is 48.9 Å². The molecule has 0 unspecified atom stereocenters. The Morgan fingerprint density at radius 3 is 2.45 bits per heavy atom. The molecule has 0 spiro atoms. The molecule has 0 saturated heterocycles. The Morgan fingerprint density at radius 1 is 1.36 bits per heavy atom. The summed E-state index contributed by atoms with van der Waals surface area (Å²) in [6.45, 7) is 2.10. The fourth-order valence-corrected chi connectivity index (χ4v) is 1.28. The van der Waals surface area contributed by atoms with Crippen LogP contribution in [0.5, 0.6) is 0 Å². The van der Waals surface area contributed by atoms with Crippen molar-refractivity contribution in [2.75, 3.05) is 0 Å². The zero-order valence-corrected chi connectivity index (χ0v) is 7.31. The minimum atomic E-state index is 0.980. The van der Waals surface area contributed by atoms with E-state index >= 15 is 0 Å². The van der Waals surface area contributed by atoms with Crippen molar-refractivity contribution < 1.29 is 0 Å². The second kappa shape index (κ2) is 4.20. The van der Waals surface area contributed by atoms with E-state index in [9.17, 15) is 0 Å². The van der Waals surface area contributed by atoms with Gasteiger partial charge in [-0.05, 0) is 17.6 Å². The molecular formula is C10H11Cl. The van der Waals surface area contributed by atoms with E-state index in [0.29, 0.717) is 0 Å². The monoisotopic (exact) mass is 166 g/mol. The lowest BCUT2D eigenvalue weighted by Crippen LogP contribution is -1.79. The van der Waals surface area contributed by atoms with Gasteiger partial charge in [-0.15, -0.1) is 0 Å². The largest absolute Gasteiger partial charge is 0.0926 e. The zero-order chi connectivity index (χ0) is 8.10. The lowest BCUT2D eigenvalue weighted by atomic mass is 10.1. The minimum absolute atomic E-state index is 0.980. The smallest absolute Gasteiger partial charge is 0.00804 e. The normalized spacial score (nSPS) is 11.6. The molecule has 0 heterocycles. The van der Waals surface area contributed by atoms with E-state index in [-0.39, 0.29) is 0 Å². The molecule has 0 amide bonds. The Balaban J connectivity index is 2.92. The van der Waals surface area contributed by atoms with Crippen LogP contribution in [0.4, 0.5) is 0 Å². The van der Waals surface area contributed by atoms with E-state index < -0.39 is 0 Å². The predicted octanol–water partition coefficient (Wildman–Crippen LogP) is 3.68. The average molecular weight is 167 g/mol. The van der Waals surface area contributed by atoms with E-state index in [1.807, 2.05) is 18.2 Å². The van der Waals surface area contributed by atoms with Gasteiger partial charge in [0.15, 0.2) is 0 Å². The first-order valence-electron chi connectivity index (χ1n) is 3.73. The summed E-state index contributed by atoms with van der Waals surface area (Å²) in [4.78, 5) is 0. The third-order valence-corrected chi connectivity index (χ3v) is 1.92. The van der Waals surface area contributed by atoms with Crippen molar-refractivity contribution in [3.63, 3.8) is 0 Å². The van der Waals surface area contributed by atoms with Gasteiger partial charge < -0.3 is 0 Å². The molecule has 1 aromatic carbocycles. The Morgan fingerprint density at radius 2 is 2.00 bits per heavy atom. The summed E-state index contributed by atoms with van der Waals surface area (Å²) < 4.78 is 0. The van der Waals surface area contributed by atoms with Crippen LogP contribution in [0.2, 0.25) is 0 Å². The maximum absolute atomic E-state index is 5.64. The van der Waals surface area contributed by atoms with Gasteiger partial charge in [0.1, 0.15) is 0 Å². The summed E-state index contributed by atoms with van der Waals surface area (Å²) >= 11 is 5.64. The highest BCUT2D eigenvalue weighted by molar-refractivity contribution is 6.28. The highest BCUT2D eigenvalue weighted by Crippen LogP contribution is 2.17. The molecule has 0 radical (unpaired) electrons. The molecule has 0 aliphatic rings. The van der Waals surface area contributed by atoms with Gasteiger partial charge in [0, 0.05) is 5.54 Å². The third-order valence-electron chi connectivity index (χ3n) is 1.66. The molecule has 1 rings (SSSR count). The van der Waals surface area contributed by atoms with Crippen LogP contribution in [0.25, 0.3) is 5.57 Å².